The second kappa shape index (κ2) is 12.3. The number of benzene rings is 4. The molecule has 2 heterocycles. The van der Waals surface area contributed by atoms with E-state index in [4.69, 9.17) is 4.74 Å². The highest BCUT2D eigenvalue weighted by molar-refractivity contribution is 5.99. The topological polar surface area (TPSA) is 44.8 Å². The van der Waals surface area contributed by atoms with Crippen LogP contribution in [0.1, 0.15) is 27.4 Å². The Morgan fingerprint density at radius 1 is 0.750 bits per heavy atom. The maximum atomic E-state index is 14.4. The van der Waals surface area contributed by atoms with Gasteiger partial charge >= 0.3 is 0 Å². The maximum absolute atomic E-state index is 14.4. The van der Waals surface area contributed by atoms with E-state index < -0.39 is 0 Å². The average molecular weight is 530 g/mol. The van der Waals surface area contributed by atoms with Crippen LogP contribution in [0.5, 0.6) is 0 Å². The smallest absolute Gasteiger partial charge is 0.168 e. The Bertz CT molecular complexity index is 1420. The predicted molar refractivity (Wildman–Crippen MR) is 161 cm³/mol. The lowest BCUT2D eigenvalue weighted by atomic mass is 9.73. The van der Waals surface area contributed by atoms with Gasteiger partial charge in [0.25, 0.3) is 0 Å². The van der Waals surface area contributed by atoms with Gasteiger partial charge in [-0.15, -0.1) is 0 Å². The van der Waals surface area contributed by atoms with Crippen molar-refractivity contribution in [3.8, 4) is 0 Å². The number of ether oxygens (including phenoxy) is 1. The lowest BCUT2D eigenvalue weighted by Crippen LogP contribution is -2.47. The van der Waals surface area contributed by atoms with Gasteiger partial charge < -0.3 is 4.74 Å². The van der Waals surface area contributed by atoms with Gasteiger partial charge in [0.05, 0.1) is 37.1 Å². The highest BCUT2D eigenvalue weighted by atomic mass is 16.5. The summed E-state index contributed by atoms with van der Waals surface area (Å²) in [5, 5.41) is 2.21. The third-order valence-electron chi connectivity index (χ3n) is 7.87. The normalized spacial score (nSPS) is 19.9. The number of hydrazine groups is 1. The third-order valence-corrected chi connectivity index (χ3v) is 7.87. The first-order valence-electron chi connectivity index (χ1n) is 14.1. The van der Waals surface area contributed by atoms with Crippen molar-refractivity contribution < 1.29 is 9.53 Å². The molecule has 40 heavy (non-hydrogen) atoms. The number of carbonyl (C=O) groups excluding carboxylic acids is 1. The highest BCUT2D eigenvalue weighted by Gasteiger charge is 2.41. The van der Waals surface area contributed by atoms with E-state index in [0.717, 1.165) is 55.4 Å². The van der Waals surface area contributed by atoms with Crippen LogP contribution in [0.2, 0.25) is 0 Å². The first-order valence-corrected chi connectivity index (χ1v) is 14.1. The van der Waals surface area contributed by atoms with E-state index in [1.807, 2.05) is 54.6 Å². The van der Waals surface area contributed by atoms with Crippen LogP contribution in [0.15, 0.2) is 127 Å². The fourth-order valence-corrected chi connectivity index (χ4v) is 5.98. The second-order valence-corrected chi connectivity index (χ2v) is 10.4. The van der Waals surface area contributed by atoms with Gasteiger partial charge in [0.2, 0.25) is 0 Å². The zero-order valence-electron chi connectivity index (χ0n) is 22.7. The molecule has 2 aliphatic rings. The molecule has 1 saturated heterocycles. The largest absolute Gasteiger partial charge is 0.379 e. The first-order chi connectivity index (χ1) is 19.8. The van der Waals surface area contributed by atoms with Gasteiger partial charge in [-0.3, -0.25) is 20.1 Å². The number of Topliss-reactive ketones (excluding diaryl/α,β-unsaturated/α-hetero) is 1. The number of ketones is 1. The number of anilines is 1. The van der Waals surface area contributed by atoms with Gasteiger partial charge in [-0.25, -0.2) is 0 Å². The van der Waals surface area contributed by atoms with Crippen LogP contribution in [-0.2, 0) is 4.74 Å². The predicted octanol–water partition coefficient (Wildman–Crippen LogP) is 6.36. The third kappa shape index (κ3) is 5.71. The minimum Gasteiger partial charge on any atom is -0.379 e. The lowest BCUT2D eigenvalue weighted by Gasteiger charge is -2.44. The van der Waals surface area contributed by atoms with Gasteiger partial charge in [0.15, 0.2) is 5.78 Å². The fraction of sp³-hybridized carbons (Fsp3) is 0.229. The summed E-state index contributed by atoms with van der Waals surface area (Å²) < 4.78 is 5.69. The summed E-state index contributed by atoms with van der Waals surface area (Å²) in [7, 11) is 0. The van der Waals surface area contributed by atoms with Crippen molar-refractivity contribution >= 4 is 17.2 Å². The first kappa shape index (κ1) is 26.1. The van der Waals surface area contributed by atoms with Gasteiger partial charge in [-0.2, -0.15) is 0 Å². The molecule has 0 amide bonds. The molecule has 1 fully saturated rings. The molecule has 202 valence electrons. The molecular weight excluding hydrogens is 494 g/mol. The molecule has 2 atom stereocenters. The summed E-state index contributed by atoms with van der Waals surface area (Å²) in [6, 6.07) is 41.2. The quantitative estimate of drug-likeness (QED) is 0.269. The van der Waals surface area contributed by atoms with Crippen molar-refractivity contribution in [3.63, 3.8) is 0 Å². The van der Waals surface area contributed by atoms with Crippen molar-refractivity contribution in [2.24, 2.45) is 5.92 Å². The highest BCUT2D eigenvalue weighted by Crippen LogP contribution is 2.44. The Hall–Kier alpha value is -4.19. The molecule has 0 saturated carbocycles. The van der Waals surface area contributed by atoms with E-state index in [1.165, 1.54) is 11.1 Å². The molecule has 5 nitrogen and oxygen atoms in total. The summed E-state index contributed by atoms with van der Waals surface area (Å²) in [6.07, 6.45) is 0. The summed E-state index contributed by atoms with van der Waals surface area (Å²) in [5.41, 5.74) is 10.1. The summed E-state index contributed by atoms with van der Waals surface area (Å²) in [6.45, 7) is 4.50. The monoisotopic (exact) mass is 529 g/mol. The molecule has 0 aromatic heterocycles. The molecule has 4 aromatic carbocycles. The van der Waals surface area contributed by atoms with E-state index in [1.54, 1.807) is 0 Å². The Kier molecular flexibility index (Phi) is 8.03. The maximum Gasteiger partial charge on any atom is 0.168 e. The van der Waals surface area contributed by atoms with Gasteiger partial charge in [0.1, 0.15) is 0 Å². The number of nitrogens with one attached hydrogen (secondary N) is 1. The van der Waals surface area contributed by atoms with E-state index in [9.17, 15) is 4.79 Å². The van der Waals surface area contributed by atoms with Gasteiger partial charge in [0, 0.05) is 31.1 Å². The minimum atomic E-state index is -0.274. The molecule has 1 N–H and O–H groups in total. The van der Waals surface area contributed by atoms with Gasteiger partial charge in [-0.05, 0) is 28.8 Å². The Morgan fingerprint density at radius 2 is 1.32 bits per heavy atom. The summed E-state index contributed by atoms with van der Waals surface area (Å²) >= 11 is 0. The second-order valence-electron chi connectivity index (χ2n) is 10.4. The minimum absolute atomic E-state index is 0.0687. The van der Waals surface area contributed by atoms with Crippen molar-refractivity contribution in [1.29, 1.82) is 0 Å². The number of morpholine rings is 1. The molecule has 0 radical (unpaired) electrons. The Morgan fingerprint density at radius 3 is 1.98 bits per heavy atom. The van der Waals surface area contributed by atoms with Crippen LogP contribution >= 0.6 is 0 Å². The zero-order chi connectivity index (χ0) is 27.1. The van der Waals surface area contributed by atoms with Crippen LogP contribution in [-0.4, -0.2) is 55.1 Å². The number of rotatable bonds is 8. The van der Waals surface area contributed by atoms with E-state index >= 15 is 0 Å². The Labute approximate surface area is 236 Å². The molecule has 6 rings (SSSR count). The molecule has 0 spiro atoms. The molecule has 0 aliphatic carbocycles. The SMILES string of the molecule is O=C(c1ccccc1)C1CN(Nc2ccccc2)C(c2ccccc2)=C(CN2CCOCC2)C1c1ccccc1. The van der Waals surface area contributed by atoms with Crippen LogP contribution in [0.3, 0.4) is 0 Å². The number of nitrogens with zero attached hydrogens (tertiary/aromatic N) is 2. The van der Waals surface area contributed by atoms with Crippen molar-refractivity contribution in [1.82, 2.24) is 9.91 Å². The molecule has 2 unspecified atom stereocenters. The Balaban J connectivity index is 1.55. The summed E-state index contributed by atoms with van der Waals surface area (Å²) in [5.74, 6) is -0.175. The van der Waals surface area contributed by atoms with E-state index in [2.05, 4.69) is 82.1 Å². The lowest BCUT2D eigenvalue weighted by molar-refractivity contribution is 0.0407. The van der Waals surface area contributed by atoms with E-state index in [0.29, 0.717) is 6.54 Å². The van der Waals surface area contributed by atoms with Crippen molar-refractivity contribution in [3.05, 3.63) is 144 Å². The van der Waals surface area contributed by atoms with Crippen LogP contribution < -0.4 is 5.43 Å². The number of hydrogen-bond donors (Lipinski definition) is 1. The fourth-order valence-electron chi connectivity index (χ4n) is 5.98. The molecule has 2 aliphatic heterocycles. The molecule has 5 heteroatoms. The standard InChI is InChI=1S/C35H35N3O2/c39-35(29-17-9-3-10-18-29)32-26-38(36-30-19-11-4-12-20-30)34(28-15-7-2-8-16-28)31(25-37-21-23-40-24-22-37)33(32)27-13-5-1-6-14-27/h1-20,32-33,36H,21-26H2. The summed E-state index contributed by atoms with van der Waals surface area (Å²) in [4.78, 5) is 16.8. The molecular formula is C35H35N3O2. The molecule has 0 bridgehead atoms. The number of hydrogen-bond acceptors (Lipinski definition) is 5. The van der Waals surface area contributed by atoms with E-state index in [-0.39, 0.29) is 17.6 Å². The average Bonchev–Trinajstić information content (AvgIpc) is 3.03. The number of carbonyl (C=O) groups is 1. The van der Waals surface area contributed by atoms with Crippen LogP contribution in [0.25, 0.3) is 5.70 Å². The van der Waals surface area contributed by atoms with Crippen LogP contribution in [0, 0.1) is 5.92 Å². The molecule has 4 aromatic rings. The van der Waals surface area contributed by atoms with Crippen LogP contribution in [0.4, 0.5) is 5.69 Å². The zero-order valence-corrected chi connectivity index (χ0v) is 22.7. The van der Waals surface area contributed by atoms with Gasteiger partial charge in [-0.1, -0.05) is 109 Å². The number of para-hydroxylation sites is 1. The van der Waals surface area contributed by atoms with Crippen molar-refractivity contribution in [2.45, 2.75) is 5.92 Å². The van der Waals surface area contributed by atoms with Crippen molar-refractivity contribution in [2.75, 3.05) is 44.8 Å².